The molecule has 116 valence electrons. The first-order valence-electron chi connectivity index (χ1n) is 7.31. The number of hydrogen-bond acceptors (Lipinski definition) is 6. The number of rotatable bonds is 8. The average molecular weight is 299 g/mol. The van der Waals surface area contributed by atoms with E-state index >= 15 is 0 Å². The van der Waals surface area contributed by atoms with E-state index in [4.69, 9.17) is 15.9 Å². The molecule has 0 aliphatic rings. The molecule has 6 nitrogen and oxygen atoms in total. The number of ether oxygens (including phenoxy) is 1. The van der Waals surface area contributed by atoms with Gasteiger partial charge in [0, 0.05) is 12.8 Å². The lowest BCUT2D eigenvalue weighted by molar-refractivity contribution is 0.305. The summed E-state index contributed by atoms with van der Waals surface area (Å²) >= 11 is 0. The van der Waals surface area contributed by atoms with E-state index in [-0.39, 0.29) is 5.95 Å². The van der Waals surface area contributed by atoms with Gasteiger partial charge in [0.25, 0.3) is 0 Å². The van der Waals surface area contributed by atoms with Crippen LogP contribution < -0.4 is 15.8 Å². The number of unbranched alkanes of at least 4 members (excludes halogenated alkanes) is 1. The Hall–Kier alpha value is -2.63. The Kier molecular flexibility index (Phi) is 5.71. The Morgan fingerprint density at radius 3 is 2.77 bits per heavy atom. The molecule has 0 bridgehead atoms. The molecule has 0 aliphatic heterocycles. The normalized spacial score (nSPS) is 10.2. The molecule has 0 unspecified atom stereocenters. The molecule has 1 heterocycles. The molecular formula is C16H21N5O. The summed E-state index contributed by atoms with van der Waals surface area (Å²) in [5.74, 6) is 1.43. The smallest absolute Gasteiger partial charge is 0.222 e. The zero-order valence-electron chi connectivity index (χ0n) is 12.7. The summed E-state index contributed by atoms with van der Waals surface area (Å²) in [7, 11) is 0. The first kappa shape index (κ1) is 15.8. The molecule has 0 amide bonds. The Morgan fingerprint density at radius 1 is 1.32 bits per heavy atom. The summed E-state index contributed by atoms with van der Waals surface area (Å²) in [5, 5.41) is 10.4. The van der Waals surface area contributed by atoms with Crippen molar-refractivity contribution in [2.24, 2.45) is 0 Å². The van der Waals surface area contributed by atoms with E-state index in [0.29, 0.717) is 18.2 Å². The van der Waals surface area contributed by atoms with Crippen LogP contribution in [-0.4, -0.2) is 22.7 Å². The summed E-state index contributed by atoms with van der Waals surface area (Å²) in [6, 6.07) is 7.63. The van der Waals surface area contributed by atoms with Crippen LogP contribution in [0.15, 0.2) is 30.5 Å². The summed E-state index contributed by atoms with van der Waals surface area (Å²) in [5.41, 5.74) is 7.51. The second-order valence-corrected chi connectivity index (χ2v) is 4.90. The van der Waals surface area contributed by atoms with Gasteiger partial charge in [0.1, 0.15) is 6.61 Å². The van der Waals surface area contributed by atoms with E-state index in [1.54, 1.807) is 6.20 Å². The monoisotopic (exact) mass is 299 g/mol. The lowest BCUT2D eigenvalue weighted by Gasteiger charge is -2.12. The highest BCUT2D eigenvalue weighted by Gasteiger charge is 2.07. The van der Waals surface area contributed by atoms with E-state index in [0.717, 1.165) is 30.5 Å². The predicted molar refractivity (Wildman–Crippen MR) is 88.5 cm³/mol. The maximum absolute atomic E-state index is 7.19. The summed E-state index contributed by atoms with van der Waals surface area (Å²) in [6.45, 7) is 3.36. The number of nitrogen functional groups attached to an aromatic ring is 1. The maximum Gasteiger partial charge on any atom is 0.222 e. The first-order chi connectivity index (χ1) is 10.7. The van der Waals surface area contributed by atoms with Gasteiger partial charge in [-0.05, 0) is 17.5 Å². The third-order valence-corrected chi connectivity index (χ3v) is 3.14. The Morgan fingerprint density at radius 2 is 2.09 bits per heavy atom. The van der Waals surface area contributed by atoms with Crippen LogP contribution in [-0.2, 0) is 6.61 Å². The number of nitrogens with two attached hydrogens (primary N) is 1. The average Bonchev–Trinajstić information content (AvgIpc) is 2.55. The number of aromatic nitrogens is 2. The van der Waals surface area contributed by atoms with Gasteiger partial charge in [-0.15, -0.1) is 0 Å². The van der Waals surface area contributed by atoms with Crippen LogP contribution in [0.4, 0.5) is 11.8 Å². The van der Waals surface area contributed by atoms with Crippen LogP contribution in [0.5, 0.6) is 5.75 Å². The highest BCUT2D eigenvalue weighted by Crippen LogP contribution is 2.22. The van der Waals surface area contributed by atoms with Crippen LogP contribution in [0.2, 0.25) is 0 Å². The van der Waals surface area contributed by atoms with Gasteiger partial charge >= 0.3 is 0 Å². The summed E-state index contributed by atoms with van der Waals surface area (Å²) in [4.78, 5) is 8.16. The van der Waals surface area contributed by atoms with Crippen molar-refractivity contribution in [3.63, 3.8) is 0 Å². The van der Waals surface area contributed by atoms with E-state index in [1.165, 1.54) is 6.21 Å². The lowest BCUT2D eigenvalue weighted by atomic mass is 10.1. The third kappa shape index (κ3) is 4.44. The Balaban J connectivity index is 2.02. The molecule has 0 spiro atoms. The van der Waals surface area contributed by atoms with Crippen molar-refractivity contribution in [2.75, 3.05) is 17.6 Å². The highest BCUT2D eigenvalue weighted by atomic mass is 16.5. The second kappa shape index (κ2) is 7.97. The number of nitrogens with zero attached hydrogens (tertiary/aromatic N) is 2. The Labute approximate surface area is 130 Å². The highest BCUT2D eigenvalue weighted by molar-refractivity contribution is 5.76. The van der Waals surface area contributed by atoms with E-state index < -0.39 is 0 Å². The zero-order valence-corrected chi connectivity index (χ0v) is 12.7. The van der Waals surface area contributed by atoms with E-state index in [2.05, 4.69) is 22.2 Å². The molecule has 0 saturated heterocycles. The molecule has 0 saturated carbocycles. The molecule has 0 fully saturated rings. The number of benzene rings is 1. The van der Waals surface area contributed by atoms with Crippen molar-refractivity contribution in [2.45, 2.75) is 26.4 Å². The van der Waals surface area contributed by atoms with Crippen LogP contribution in [0.25, 0.3) is 0 Å². The minimum absolute atomic E-state index is 0.224. The molecule has 0 aliphatic carbocycles. The molecule has 4 N–H and O–H groups in total. The fraction of sp³-hybridized carbons (Fsp3) is 0.312. The molecule has 0 atom stereocenters. The van der Waals surface area contributed by atoms with Crippen molar-refractivity contribution >= 4 is 18.0 Å². The van der Waals surface area contributed by atoms with E-state index in [9.17, 15) is 0 Å². The van der Waals surface area contributed by atoms with Crippen LogP contribution in [0, 0.1) is 5.41 Å². The fourth-order valence-electron chi connectivity index (χ4n) is 1.87. The van der Waals surface area contributed by atoms with Crippen LogP contribution in [0.1, 0.15) is 30.9 Å². The fourth-order valence-corrected chi connectivity index (χ4v) is 1.87. The molecule has 6 heteroatoms. The van der Waals surface area contributed by atoms with Crippen LogP contribution in [0.3, 0.4) is 0 Å². The van der Waals surface area contributed by atoms with Gasteiger partial charge in [-0.25, -0.2) is 4.98 Å². The molecular weight excluding hydrogens is 278 g/mol. The number of anilines is 2. The maximum atomic E-state index is 7.19. The van der Waals surface area contributed by atoms with Crippen molar-refractivity contribution in [1.82, 2.24) is 9.97 Å². The number of nitrogens with one attached hydrogen (secondary N) is 2. The van der Waals surface area contributed by atoms with Crippen molar-refractivity contribution < 1.29 is 4.74 Å². The van der Waals surface area contributed by atoms with Crippen molar-refractivity contribution in [3.05, 3.63) is 41.6 Å². The van der Waals surface area contributed by atoms with Crippen LogP contribution >= 0.6 is 0 Å². The van der Waals surface area contributed by atoms with Crippen molar-refractivity contribution in [3.8, 4) is 5.75 Å². The lowest BCUT2D eigenvalue weighted by Crippen LogP contribution is -2.08. The molecule has 1 aromatic carbocycles. The minimum Gasteiger partial charge on any atom is -0.483 e. The Bertz CT molecular complexity index is 612. The first-order valence-corrected chi connectivity index (χ1v) is 7.31. The molecule has 1 aromatic heterocycles. The van der Waals surface area contributed by atoms with Gasteiger partial charge in [-0.1, -0.05) is 37.6 Å². The zero-order chi connectivity index (χ0) is 15.8. The van der Waals surface area contributed by atoms with E-state index in [1.807, 2.05) is 24.3 Å². The molecule has 2 aromatic rings. The van der Waals surface area contributed by atoms with Crippen molar-refractivity contribution in [1.29, 1.82) is 5.41 Å². The quantitative estimate of drug-likeness (QED) is 0.514. The predicted octanol–water partition coefficient (Wildman–Crippen LogP) is 2.85. The topological polar surface area (TPSA) is 96.9 Å². The third-order valence-electron chi connectivity index (χ3n) is 3.14. The largest absolute Gasteiger partial charge is 0.483 e. The summed E-state index contributed by atoms with van der Waals surface area (Å²) in [6.07, 6.45) is 5.05. The van der Waals surface area contributed by atoms with Gasteiger partial charge < -0.3 is 21.2 Å². The minimum atomic E-state index is 0.224. The van der Waals surface area contributed by atoms with Gasteiger partial charge in [0.2, 0.25) is 5.95 Å². The standard InChI is InChI=1S/C16H21N5O/c1-2-3-8-19-15-14(10-20-16(18)21-15)22-11-13-6-4-12(9-17)5-7-13/h4-7,9-10,17H,2-3,8,11H2,1H3,(H3,18,19,20,21). The SMILES string of the molecule is CCCCNc1nc(N)ncc1OCc1ccc(C=N)cc1. The van der Waals surface area contributed by atoms with Gasteiger partial charge in [0.15, 0.2) is 11.6 Å². The van der Waals surface area contributed by atoms with Gasteiger partial charge in [-0.3, -0.25) is 0 Å². The van der Waals surface area contributed by atoms with Gasteiger partial charge in [0.05, 0.1) is 6.20 Å². The molecule has 22 heavy (non-hydrogen) atoms. The summed E-state index contributed by atoms with van der Waals surface area (Å²) < 4.78 is 5.78. The molecule has 2 rings (SSSR count). The number of hydrogen-bond donors (Lipinski definition) is 3. The molecule has 0 radical (unpaired) electrons. The van der Waals surface area contributed by atoms with Gasteiger partial charge in [-0.2, -0.15) is 4.98 Å². The second-order valence-electron chi connectivity index (χ2n) is 4.90.